The van der Waals surface area contributed by atoms with E-state index >= 15 is 0 Å². The van der Waals surface area contributed by atoms with Gasteiger partial charge in [-0.25, -0.2) is 4.79 Å². The van der Waals surface area contributed by atoms with E-state index in [2.05, 4.69) is 28.5 Å². The smallest absolute Gasteiger partial charge is 0.403 e. The van der Waals surface area contributed by atoms with Gasteiger partial charge in [0.15, 0.2) is 0 Å². The molecule has 1 aliphatic heterocycles. The summed E-state index contributed by atoms with van der Waals surface area (Å²) in [6.07, 6.45) is 0.458. The molecule has 2 heterocycles. The molecule has 7 heteroatoms. The Balaban J connectivity index is 1.31. The summed E-state index contributed by atoms with van der Waals surface area (Å²) in [5.74, 6) is -0.790. The van der Waals surface area contributed by atoms with E-state index < -0.39 is 12.3 Å². The van der Waals surface area contributed by atoms with Crippen molar-refractivity contribution < 1.29 is 19.1 Å². The number of rotatable bonds is 5. The standard InChI is InChI=1S/C28H19N3O4/c32-27(35-31-24-17-8-7-16-23(24)29-30-31)25-18-33-28(34-25)22-15-9-14-21(19-10-3-1-4-11-19)26(22)20-12-5-2-6-13-20/h1-18,28H. The van der Waals surface area contributed by atoms with Crippen molar-refractivity contribution in [1.29, 1.82) is 0 Å². The number of carbonyl (C=O) groups is 1. The van der Waals surface area contributed by atoms with Crippen molar-refractivity contribution in [3.8, 4) is 22.3 Å². The van der Waals surface area contributed by atoms with Gasteiger partial charge in [-0.1, -0.05) is 95.8 Å². The van der Waals surface area contributed by atoms with E-state index in [-0.39, 0.29) is 5.76 Å². The summed E-state index contributed by atoms with van der Waals surface area (Å²) in [7, 11) is 0. The molecule has 1 aliphatic rings. The number of ether oxygens (including phenoxy) is 2. The first kappa shape index (κ1) is 20.7. The monoisotopic (exact) mass is 461 g/mol. The molecule has 1 unspecified atom stereocenters. The average molecular weight is 461 g/mol. The van der Waals surface area contributed by atoms with E-state index in [0.29, 0.717) is 11.0 Å². The molecule has 1 aromatic heterocycles. The van der Waals surface area contributed by atoms with Crippen LogP contribution in [0, 0.1) is 0 Å². The van der Waals surface area contributed by atoms with Crippen LogP contribution in [0.4, 0.5) is 0 Å². The Morgan fingerprint density at radius 2 is 1.51 bits per heavy atom. The van der Waals surface area contributed by atoms with Crippen LogP contribution in [-0.2, 0) is 14.3 Å². The third kappa shape index (κ3) is 3.89. The van der Waals surface area contributed by atoms with E-state index in [9.17, 15) is 4.79 Å². The van der Waals surface area contributed by atoms with E-state index in [1.807, 2.05) is 72.8 Å². The summed E-state index contributed by atoms with van der Waals surface area (Å²) in [4.78, 5) is 19.2. The first-order chi connectivity index (χ1) is 17.3. The minimum atomic E-state index is -0.816. The fourth-order valence-electron chi connectivity index (χ4n) is 4.12. The highest BCUT2D eigenvalue weighted by atomic mass is 16.7. The lowest BCUT2D eigenvalue weighted by molar-refractivity contribution is -0.147. The fraction of sp³-hybridized carbons (Fsp3) is 0.0357. The Morgan fingerprint density at radius 3 is 2.31 bits per heavy atom. The van der Waals surface area contributed by atoms with Crippen LogP contribution in [-0.4, -0.2) is 21.1 Å². The van der Waals surface area contributed by atoms with Crippen LogP contribution < -0.4 is 4.84 Å². The summed E-state index contributed by atoms with van der Waals surface area (Å²) in [5, 5.41) is 7.87. The number of benzene rings is 4. The molecule has 0 bridgehead atoms. The molecular formula is C28H19N3O4. The van der Waals surface area contributed by atoms with Crippen LogP contribution in [0.15, 0.2) is 115 Å². The zero-order valence-electron chi connectivity index (χ0n) is 18.4. The molecule has 0 amide bonds. The number of nitrogens with zero attached hydrogens (tertiary/aromatic N) is 3. The Labute approximate surface area is 200 Å². The molecule has 0 radical (unpaired) electrons. The fourth-order valence-corrected chi connectivity index (χ4v) is 4.12. The van der Waals surface area contributed by atoms with Crippen molar-refractivity contribution >= 4 is 17.0 Å². The highest BCUT2D eigenvalue weighted by Crippen LogP contribution is 2.41. The Kier molecular flexibility index (Phi) is 5.20. The summed E-state index contributed by atoms with van der Waals surface area (Å²) in [6.45, 7) is 0. The second-order valence-electron chi connectivity index (χ2n) is 7.90. The number of para-hydroxylation sites is 1. The van der Waals surface area contributed by atoms with Gasteiger partial charge in [-0.15, -0.1) is 5.10 Å². The van der Waals surface area contributed by atoms with Crippen molar-refractivity contribution in [3.05, 3.63) is 121 Å². The van der Waals surface area contributed by atoms with Crippen LogP contribution in [0.2, 0.25) is 0 Å². The number of carbonyl (C=O) groups excluding carboxylic acids is 1. The van der Waals surface area contributed by atoms with Gasteiger partial charge in [0.25, 0.3) is 6.29 Å². The van der Waals surface area contributed by atoms with Crippen LogP contribution in [0.25, 0.3) is 33.3 Å². The van der Waals surface area contributed by atoms with Gasteiger partial charge < -0.3 is 14.3 Å². The van der Waals surface area contributed by atoms with Gasteiger partial charge in [-0.2, -0.15) is 0 Å². The summed E-state index contributed by atoms with van der Waals surface area (Å²) in [5.41, 5.74) is 6.06. The normalized spacial score (nSPS) is 14.7. The topological polar surface area (TPSA) is 75.5 Å². The number of hydrogen-bond acceptors (Lipinski definition) is 6. The highest BCUT2D eigenvalue weighted by molar-refractivity contribution is 5.88. The minimum absolute atomic E-state index is 0.0568. The lowest BCUT2D eigenvalue weighted by Crippen LogP contribution is -2.23. The first-order valence-corrected chi connectivity index (χ1v) is 11.1. The van der Waals surface area contributed by atoms with E-state index in [1.165, 1.54) is 6.26 Å². The molecule has 35 heavy (non-hydrogen) atoms. The molecule has 1 atom stereocenters. The van der Waals surface area contributed by atoms with Gasteiger partial charge in [0.2, 0.25) is 5.76 Å². The van der Waals surface area contributed by atoms with Gasteiger partial charge in [0.05, 0.1) is 0 Å². The van der Waals surface area contributed by atoms with Crippen LogP contribution in [0.3, 0.4) is 0 Å². The zero-order chi connectivity index (χ0) is 23.6. The maximum Gasteiger partial charge on any atom is 0.403 e. The molecule has 0 saturated heterocycles. The van der Waals surface area contributed by atoms with Crippen LogP contribution in [0.5, 0.6) is 0 Å². The van der Waals surface area contributed by atoms with Gasteiger partial charge >= 0.3 is 5.97 Å². The van der Waals surface area contributed by atoms with Crippen molar-refractivity contribution in [3.63, 3.8) is 0 Å². The van der Waals surface area contributed by atoms with Gasteiger partial charge in [-0.3, -0.25) is 0 Å². The summed E-state index contributed by atoms with van der Waals surface area (Å²) < 4.78 is 11.7. The second-order valence-corrected chi connectivity index (χ2v) is 7.90. The summed E-state index contributed by atoms with van der Waals surface area (Å²) in [6, 6.07) is 33.3. The minimum Gasteiger partial charge on any atom is -0.454 e. The van der Waals surface area contributed by atoms with Crippen molar-refractivity contribution in [2.24, 2.45) is 0 Å². The van der Waals surface area contributed by atoms with Gasteiger partial charge in [-0.05, 0) is 34.0 Å². The second kappa shape index (κ2) is 8.79. The van der Waals surface area contributed by atoms with Crippen molar-refractivity contribution in [2.75, 3.05) is 0 Å². The molecule has 0 fully saturated rings. The zero-order valence-corrected chi connectivity index (χ0v) is 18.4. The third-order valence-corrected chi connectivity index (χ3v) is 5.72. The molecule has 7 nitrogen and oxygen atoms in total. The van der Waals surface area contributed by atoms with Gasteiger partial charge in [0, 0.05) is 11.1 Å². The Hall–Kier alpha value is -4.91. The lowest BCUT2D eigenvalue weighted by Gasteiger charge is -2.19. The molecule has 0 N–H and O–H groups in total. The largest absolute Gasteiger partial charge is 0.454 e. The molecule has 5 aromatic rings. The summed E-state index contributed by atoms with van der Waals surface area (Å²) >= 11 is 0. The predicted octanol–water partition coefficient (Wildman–Crippen LogP) is 5.31. The van der Waals surface area contributed by atoms with Crippen LogP contribution >= 0.6 is 0 Å². The maximum absolute atomic E-state index is 12.8. The van der Waals surface area contributed by atoms with Crippen molar-refractivity contribution in [1.82, 2.24) is 15.2 Å². The van der Waals surface area contributed by atoms with E-state index in [4.69, 9.17) is 14.3 Å². The molecule has 0 spiro atoms. The Morgan fingerprint density at radius 1 is 0.800 bits per heavy atom. The predicted molar refractivity (Wildman–Crippen MR) is 129 cm³/mol. The molecule has 0 aliphatic carbocycles. The maximum atomic E-state index is 12.8. The third-order valence-electron chi connectivity index (χ3n) is 5.72. The number of hydrogen-bond donors (Lipinski definition) is 0. The molecule has 6 rings (SSSR count). The average Bonchev–Trinajstić information content (AvgIpc) is 3.57. The van der Waals surface area contributed by atoms with Gasteiger partial charge in [0.1, 0.15) is 17.3 Å². The quantitative estimate of drug-likeness (QED) is 0.330. The first-order valence-electron chi connectivity index (χ1n) is 11.1. The van der Waals surface area contributed by atoms with E-state index in [0.717, 1.165) is 32.7 Å². The molecule has 0 saturated carbocycles. The van der Waals surface area contributed by atoms with Crippen LogP contribution in [0.1, 0.15) is 11.9 Å². The molecule has 170 valence electrons. The molecular weight excluding hydrogens is 442 g/mol. The SMILES string of the molecule is O=C(On1nnc2ccccc21)C1=COC(c2cccc(-c3ccccc3)c2-c2ccccc2)O1. The highest BCUT2D eigenvalue weighted by Gasteiger charge is 2.31. The Bertz CT molecular complexity index is 1540. The molecule has 4 aromatic carbocycles. The lowest BCUT2D eigenvalue weighted by atomic mass is 9.90. The van der Waals surface area contributed by atoms with E-state index in [1.54, 1.807) is 12.1 Å². The number of fused-ring (bicyclic) bond motifs is 1. The van der Waals surface area contributed by atoms with Crippen molar-refractivity contribution in [2.45, 2.75) is 6.29 Å². The number of aromatic nitrogens is 3.